The van der Waals surface area contributed by atoms with Gasteiger partial charge in [0.2, 0.25) is 10.0 Å². The third kappa shape index (κ3) is 5.84. The van der Waals surface area contributed by atoms with E-state index in [1.807, 2.05) is 4.90 Å². The zero-order valence-corrected chi connectivity index (χ0v) is 17.8. The largest absolute Gasteiger partial charge is 0.481 e. The lowest BCUT2D eigenvalue weighted by Gasteiger charge is -2.34. The Morgan fingerprint density at radius 1 is 1.00 bits per heavy atom. The van der Waals surface area contributed by atoms with Crippen LogP contribution in [-0.2, 0) is 33.8 Å². The lowest BCUT2D eigenvalue weighted by Crippen LogP contribution is -2.49. The van der Waals surface area contributed by atoms with Crippen LogP contribution < -0.4 is 0 Å². The predicted molar refractivity (Wildman–Crippen MR) is 108 cm³/mol. The van der Waals surface area contributed by atoms with E-state index in [1.54, 1.807) is 6.07 Å². The summed E-state index contributed by atoms with van der Waals surface area (Å²) >= 11 is 0. The Balaban J connectivity index is 1.57. The molecule has 1 heterocycles. The SMILES string of the molecule is O=C(O)Cc1cccc(S(=O)(=O)N2CCN(CCc3ccc(C(F)(F)F)c(F)c3)CC2)c1. The molecule has 174 valence electrons. The highest BCUT2D eigenvalue weighted by Gasteiger charge is 2.34. The first-order valence-electron chi connectivity index (χ1n) is 9.85. The van der Waals surface area contributed by atoms with Gasteiger partial charge in [-0.25, -0.2) is 12.8 Å². The van der Waals surface area contributed by atoms with E-state index < -0.39 is 33.5 Å². The molecule has 2 aromatic rings. The van der Waals surface area contributed by atoms with Gasteiger partial charge in [0.1, 0.15) is 5.82 Å². The van der Waals surface area contributed by atoms with Gasteiger partial charge < -0.3 is 10.0 Å². The number of hydrogen-bond acceptors (Lipinski definition) is 4. The highest BCUT2D eigenvalue weighted by molar-refractivity contribution is 7.89. The van der Waals surface area contributed by atoms with Crippen LogP contribution in [0.1, 0.15) is 16.7 Å². The van der Waals surface area contributed by atoms with E-state index in [2.05, 4.69) is 0 Å². The molecule has 0 spiro atoms. The molecule has 1 aliphatic heterocycles. The Labute approximate surface area is 183 Å². The third-order valence-electron chi connectivity index (χ3n) is 5.28. The fraction of sp³-hybridized carbons (Fsp3) is 0.381. The van der Waals surface area contributed by atoms with Crippen LogP contribution in [0.4, 0.5) is 17.6 Å². The fourth-order valence-corrected chi connectivity index (χ4v) is 5.06. The molecule has 0 bridgehead atoms. The number of nitrogens with zero attached hydrogens (tertiary/aromatic N) is 2. The molecule has 0 amide bonds. The second-order valence-corrected chi connectivity index (χ2v) is 9.46. The maximum absolute atomic E-state index is 13.7. The summed E-state index contributed by atoms with van der Waals surface area (Å²) in [5.74, 6) is -2.36. The van der Waals surface area contributed by atoms with Crippen LogP contribution in [0.3, 0.4) is 0 Å². The van der Waals surface area contributed by atoms with Gasteiger partial charge >= 0.3 is 12.1 Å². The van der Waals surface area contributed by atoms with Gasteiger partial charge in [-0.15, -0.1) is 0 Å². The topological polar surface area (TPSA) is 77.9 Å². The number of sulfonamides is 1. The summed E-state index contributed by atoms with van der Waals surface area (Å²) in [5.41, 5.74) is -0.478. The lowest BCUT2D eigenvalue weighted by atomic mass is 10.1. The van der Waals surface area contributed by atoms with Crippen LogP contribution in [-0.4, -0.2) is 61.4 Å². The average molecular weight is 474 g/mol. The van der Waals surface area contributed by atoms with Crippen LogP contribution >= 0.6 is 0 Å². The molecular formula is C21H22F4N2O4S. The smallest absolute Gasteiger partial charge is 0.419 e. The molecule has 0 saturated carbocycles. The molecular weight excluding hydrogens is 452 g/mol. The first kappa shape index (κ1) is 24.1. The molecule has 2 aromatic carbocycles. The Morgan fingerprint density at radius 2 is 1.69 bits per heavy atom. The lowest BCUT2D eigenvalue weighted by molar-refractivity contribution is -0.140. The van der Waals surface area contributed by atoms with Crippen molar-refractivity contribution in [2.45, 2.75) is 23.9 Å². The zero-order valence-electron chi connectivity index (χ0n) is 17.0. The number of piperazine rings is 1. The normalized spacial score (nSPS) is 16.2. The molecule has 3 rings (SSSR count). The number of carboxylic acids is 1. The minimum Gasteiger partial charge on any atom is -0.481 e. The third-order valence-corrected chi connectivity index (χ3v) is 7.17. The summed E-state index contributed by atoms with van der Waals surface area (Å²) in [6.07, 6.45) is -4.68. The average Bonchev–Trinajstić information content (AvgIpc) is 2.71. The van der Waals surface area contributed by atoms with Crippen molar-refractivity contribution in [3.8, 4) is 0 Å². The van der Waals surface area contributed by atoms with Gasteiger partial charge in [-0.3, -0.25) is 4.79 Å². The number of carbonyl (C=O) groups is 1. The van der Waals surface area contributed by atoms with Crippen LogP contribution in [0.2, 0.25) is 0 Å². The molecule has 1 aliphatic rings. The summed E-state index contributed by atoms with van der Waals surface area (Å²) in [7, 11) is -3.78. The van der Waals surface area contributed by atoms with Gasteiger partial charge in [-0.05, 0) is 41.8 Å². The van der Waals surface area contributed by atoms with Gasteiger partial charge in [-0.2, -0.15) is 17.5 Å². The highest BCUT2D eigenvalue weighted by atomic mass is 32.2. The number of carboxylic acid groups (broad SMARTS) is 1. The zero-order chi connectivity index (χ0) is 23.5. The van der Waals surface area contributed by atoms with Crippen molar-refractivity contribution in [3.05, 3.63) is 65.0 Å². The van der Waals surface area contributed by atoms with Crippen molar-refractivity contribution in [1.29, 1.82) is 0 Å². The van der Waals surface area contributed by atoms with E-state index in [-0.39, 0.29) is 24.4 Å². The van der Waals surface area contributed by atoms with Crippen LogP contribution in [0.25, 0.3) is 0 Å². The Kier molecular flexibility index (Phi) is 7.21. The maximum atomic E-state index is 13.7. The van der Waals surface area contributed by atoms with Gasteiger partial charge in [0, 0.05) is 32.7 Å². The maximum Gasteiger partial charge on any atom is 0.419 e. The number of rotatable bonds is 7. The van der Waals surface area contributed by atoms with E-state index in [0.29, 0.717) is 37.2 Å². The van der Waals surface area contributed by atoms with Crippen molar-refractivity contribution in [1.82, 2.24) is 9.21 Å². The Hall–Kier alpha value is -2.50. The molecule has 0 aromatic heterocycles. The summed E-state index contributed by atoms with van der Waals surface area (Å²) in [4.78, 5) is 12.9. The van der Waals surface area contributed by atoms with Gasteiger partial charge in [0.15, 0.2) is 0 Å². The van der Waals surface area contributed by atoms with Crippen molar-refractivity contribution >= 4 is 16.0 Å². The van der Waals surface area contributed by atoms with E-state index in [0.717, 1.165) is 12.1 Å². The fourth-order valence-electron chi connectivity index (χ4n) is 3.56. The number of benzene rings is 2. The summed E-state index contributed by atoms with van der Waals surface area (Å²) in [6, 6.07) is 8.69. The number of halogens is 4. The molecule has 0 atom stereocenters. The van der Waals surface area contributed by atoms with Crippen molar-refractivity contribution < 1.29 is 35.9 Å². The standard InChI is InChI=1S/C21H22F4N2O4S/c22-19-13-15(4-5-18(19)21(23,24)25)6-7-26-8-10-27(11-9-26)32(30,31)17-3-1-2-16(12-17)14-20(28)29/h1-5,12-13H,6-11,14H2,(H,28,29). The van der Waals surface area contributed by atoms with Crippen molar-refractivity contribution in [2.75, 3.05) is 32.7 Å². The monoisotopic (exact) mass is 474 g/mol. The second kappa shape index (κ2) is 9.55. The van der Waals surface area contributed by atoms with Crippen LogP contribution in [0, 0.1) is 5.82 Å². The van der Waals surface area contributed by atoms with Crippen LogP contribution in [0.5, 0.6) is 0 Å². The molecule has 0 unspecified atom stereocenters. The minimum atomic E-state index is -4.74. The molecule has 1 saturated heterocycles. The molecule has 6 nitrogen and oxygen atoms in total. The molecule has 11 heteroatoms. The van der Waals surface area contributed by atoms with Gasteiger partial charge in [0.25, 0.3) is 0 Å². The van der Waals surface area contributed by atoms with Crippen molar-refractivity contribution in [3.63, 3.8) is 0 Å². The second-order valence-electron chi connectivity index (χ2n) is 7.53. The summed E-state index contributed by atoms with van der Waals surface area (Å²) < 4.78 is 78.8. The first-order valence-corrected chi connectivity index (χ1v) is 11.3. The number of aliphatic carboxylic acids is 1. The number of alkyl halides is 3. The highest BCUT2D eigenvalue weighted by Crippen LogP contribution is 2.31. The first-order chi connectivity index (χ1) is 15.0. The molecule has 0 radical (unpaired) electrons. The molecule has 1 fully saturated rings. The quantitative estimate of drug-likeness (QED) is 0.625. The minimum absolute atomic E-state index is 0.0323. The Morgan fingerprint density at radius 3 is 2.28 bits per heavy atom. The molecule has 32 heavy (non-hydrogen) atoms. The Bertz CT molecular complexity index is 1080. The summed E-state index contributed by atoms with van der Waals surface area (Å²) in [6.45, 7) is 1.71. The van der Waals surface area contributed by atoms with Gasteiger partial charge in [-0.1, -0.05) is 18.2 Å². The van der Waals surface area contributed by atoms with Crippen molar-refractivity contribution in [2.24, 2.45) is 0 Å². The van der Waals surface area contributed by atoms with E-state index in [1.165, 1.54) is 28.6 Å². The summed E-state index contributed by atoms with van der Waals surface area (Å²) in [5, 5.41) is 8.90. The van der Waals surface area contributed by atoms with E-state index in [4.69, 9.17) is 5.11 Å². The van der Waals surface area contributed by atoms with Gasteiger partial charge in [0.05, 0.1) is 16.9 Å². The molecule has 1 N–H and O–H groups in total. The predicted octanol–water partition coefficient (Wildman–Crippen LogP) is 3.02. The number of hydrogen-bond donors (Lipinski definition) is 1. The van der Waals surface area contributed by atoms with E-state index in [9.17, 15) is 30.8 Å². The van der Waals surface area contributed by atoms with E-state index >= 15 is 0 Å². The molecule has 0 aliphatic carbocycles. The van der Waals surface area contributed by atoms with Crippen LogP contribution in [0.15, 0.2) is 47.4 Å².